The van der Waals surface area contributed by atoms with E-state index in [9.17, 15) is 33.3 Å². The summed E-state index contributed by atoms with van der Waals surface area (Å²) in [5.41, 5.74) is -1.69. The predicted molar refractivity (Wildman–Crippen MR) is 102 cm³/mol. The van der Waals surface area contributed by atoms with Crippen LogP contribution in [0.5, 0.6) is 0 Å². The van der Waals surface area contributed by atoms with Crippen LogP contribution in [0.15, 0.2) is 41.3 Å². The summed E-state index contributed by atoms with van der Waals surface area (Å²) in [6.45, 7) is 1.52. The molecule has 30 heavy (non-hydrogen) atoms. The summed E-state index contributed by atoms with van der Waals surface area (Å²) in [6, 6.07) is 6.22. The van der Waals surface area contributed by atoms with Crippen LogP contribution in [0.1, 0.15) is 29.7 Å². The van der Waals surface area contributed by atoms with Crippen molar-refractivity contribution in [2.75, 3.05) is 5.32 Å². The van der Waals surface area contributed by atoms with Crippen molar-refractivity contribution in [3.63, 3.8) is 0 Å². The fourth-order valence-corrected chi connectivity index (χ4v) is 3.05. The highest BCUT2D eigenvalue weighted by atomic mass is 19.4. The number of nitrogens with one attached hydrogen (secondary N) is 1. The third kappa shape index (κ3) is 3.80. The molecule has 1 aromatic carbocycles. The first kappa shape index (κ1) is 20.8. The molecule has 0 aliphatic carbocycles. The maximum Gasteiger partial charge on any atom is 0.416 e. The van der Waals surface area contributed by atoms with Crippen LogP contribution in [0.25, 0.3) is 10.9 Å². The molecule has 0 unspecified atom stereocenters. The number of non-ortho nitro benzene ring substituents is 1. The quantitative estimate of drug-likeness (QED) is 0.509. The summed E-state index contributed by atoms with van der Waals surface area (Å²) in [5, 5.41) is 23.7. The number of nitro benzene ring substituents is 1. The molecule has 3 rings (SSSR count). The Kier molecular flexibility index (Phi) is 5.18. The average molecular weight is 417 g/mol. The molecule has 11 heteroatoms. The first-order valence-corrected chi connectivity index (χ1v) is 8.55. The molecule has 1 atom stereocenters. The van der Waals surface area contributed by atoms with E-state index >= 15 is 0 Å². The average Bonchev–Trinajstić information content (AvgIpc) is 2.69. The monoisotopic (exact) mass is 417 g/mol. The van der Waals surface area contributed by atoms with Gasteiger partial charge >= 0.3 is 6.18 Å². The van der Waals surface area contributed by atoms with Crippen LogP contribution < -0.4 is 10.9 Å². The second-order valence-corrected chi connectivity index (χ2v) is 6.56. The summed E-state index contributed by atoms with van der Waals surface area (Å²) in [5.74, 6) is 0.215. The summed E-state index contributed by atoms with van der Waals surface area (Å²) in [7, 11) is 1.48. The van der Waals surface area contributed by atoms with E-state index in [1.54, 1.807) is 0 Å². The molecule has 3 aromatic rings. The minimum Gasteiger partial charge on any atom is -0.363 e. The Labute approximate surface area is 167 Å². The van der Waals surface area contributed by atoms with Crippen molar-refractivity contribution in [3.8, 4) is 6.07 Å². The number of pyridine rings is 2. The van der Waals surface area contributed by atoms with E-state index in [0.717, 1.165) is 12.1 Å². The summed E-state index contributed by atoms with van der Waals surface area (Å²) in [6.07, 6.45) is -3.51. The third-order valence-corrected chi connectivity index (χ3v) is 4.60. The molecule has 0 saturated heterocycles. The minimum atomic E-state index is -4.75. The molecule has 2 heterocycles. The SMILES string of the molecule is C[C@@H](Nc1ncc(C#N)c2c1ccc(=O)n2C)c1cc([N+](=O)[O-])cc(C(F)(F)F)c1. The number of aromatic nitrogens is 2. The van der Waals surface area contributed by atoms with Gasteiger partial charge in [-0.05, 0) is 24.6 Å². The van der Waals surface area contributed by atoms with Crippen molar-refractivity contribution in [3.05, 3.63) is 73.7 Å². The smallest absolute Gasteiger partial charge is 0.363 e. The molecule has 154 valence electrons. The zero-order chi connectivity index (χ0) is 22.2. The second-order valence-electron chi connectivity index (χ2n) is 6.56. The van der Waals surface area contributed by atoms with E-state index in [4.69, 9.17) is 0 Å². The van der Waals surface area contributed by atoms with Gasteiger partial charge in [0, 0.05) is 36.8 Å². The van der Waals surface area contributed by atoms with E-state index in [0.29, 0.717) is 17.0 Å². The number of fused-ring (bicyclic) bond motifs is 1. The van der Waals surface area contributed by atoms with Crippen LogP contribution >= 0.6 is 0 Å². The number of hydrogen-bond donors (Lipinski definition) is 1. The van der Waals surface area contributed by atoms with Crippen LogP contribution in [-0.2, 0) is 13.2 Å². The maximum absolute atomic E-state index is 13.2. The van der Waals surface area contributed by atoms with Gasteiger partial charge in [-0.15, -0.1) is 0 Å². The first-order chi connectivity index (χ1) is 14.0. The Morgan fingerprint density at radius 2 is 2.00 bits per heavy atom. The number of hydrogen-bond acceptors (Lipinski definition) is 6. The van der Waals surface area contributed by atoms with Gasteiger partial charge in [0.2, 0.25) is 0 Å². The van der Waals surface area contributed by atoms with Crippen LogP contribution in [-0.4, -0.2) is 14.5 Å². The maximum atomic E-state index is 13.2. The van der Waals surface area contributed by atoms with Crippen molar-refractivity contribution in [2.24, 2.45) is 7.05 Å². The van der Waals surface area contributed by atoms with Crippen LogP contribution in [0.2, 0.25) is 0 Å². The topological polar surface area (TPSA) is 114 Å². The molecule has 1 N–H and O–H groups in total. The fraction of sp³-hybridized carbons (Fsp3) is 0.211. The number of aryl methyl sites for hydroxylation is 1. The Morgan fingerprint density at radius 1 is 1.30 bits per heavy atom. The van der Waals surface area contributed by atoms with Gasteiger partial charge in [0.15, 0.2) is 0 Å². The van der Waals surface area contributed by atoms with Crippen LogP contribution in [0, 0.1) is 21.4 Å². The number of benzene rings is 1. The van der Waals surface area contributed by atoms with Gasteiger partial charge in [-0.3, -0.25) is 14.9 Å². The van der Waals surface area contributed by atoms with Crippen molar-refractivity contribution in [2.45, 2.75) is 19.1 Å². The highest BCUT2D eigenvalue weighted by Crippen LogP contribution is 2.35. The Bertz CT molecular complexity index is 1260. The van der Waals surface area contributed by atoms with Crippen molar-refractivity contribution < 1.29 is 18.1 Å². The standard InChI is InChI=1S/C19H14F3N5O3/c1-10(11-5-13(19(20,21)22)7-14(6-11)27(29)30)25-18-15-3-4-16(28)26(2)17(15)12(8-23)9-24-18/h3-7,9-10H,1-2H3,(H,24,25)/t10-/m1/s1. The summed E-state index contributed by atoms with van der Waals surface area (Å²) < 4.78 is 40.7. The zero-order valence-corrected chi connectivity index (χ0v) is 15.7. The van der Waals surface area contributed by atoms with E-state index in [1.807, 2.05) is 6.07 Å². The Hall–Kier alpha value is -3.94. The van der Waals surface area contributed by atoms with E-state index in [1.165, 1.54) is 36.9 Å². The lowest BCUT2D eigenvalue weighted by molar-refractivity contribution is -0.385. The van der Waals surface area contributed by atoms with Gasteiger partial charge in [0.1, 0.15) is 11.9 Å². The first-order valence-electron chi connectivity index (χ1n) is 8.55. The number of nitriles is 1. The highest BCUT2D eigenvalue weighted by molar-refractivity contribution is 5.93. The number of anilines is 1. The molecule has 0 amide bonds. The van der Waals surface area contributed by atoms with E-state index in [-0.39, 0.29) is 22.5 Å². The molecule has 0 aliphatic rings. The minimum absolute atomic E-state index is 0.0284. The molecule has 0 fully saturated rings. The number of rotatable bonds is 4. The number of nitrogens with zero attached hydrogens (tertiary/aromatic N) is 4. The molecular weight excluding hydrogens is 403 g/mol. The molecule has 0 saturated carbocycles. The van der Waals surface area contributed by atoms with Gasteiger partial charge < -0.3 is 9.88 Å². The second kappa shape index (κ2) is 7.47. The van der Waals surface area contributed by atoms with E-state index in [2.05, 4.69) is 10.3 Å². The van der Waals surface area contributed by atoms with Gasteiger partial charge in [-0.1, -0.05) is 0 Å². The molecule has 8 nitrogen and oxygen atoms in total. The van der Waals surface area contributed by atoms with Crippen molar-refractivity contribution >= 4 is 22.4 Å². The number of nitro groups is 1. The van der Waals surface area contributed by atoms with Gasteiger partial charge in [-0.25, -0.2) is 4.98 Å². The molecule has 0 aliphatic heterocycles. The summed E-state index contributed by atoms with van der Waals surface area (Å²) in [4.78, 5) is 26.2. The summed E-state index contributed by atoms with van der Waals surface area (Å²) >= 11 is 0. The van der Waals surface area contributed by atoms with Crippen LogP contribution in [0.3, 0.4) is 0 Å². The van der Waals surface area contributed by atoms with Gasteiger partial charge in [0.05, 0.1) is 27.6 Å². The Balaban J connectivity index is 2.10. The lowest BCUT2D eigenvalue weighted by atomic mass is 10.0. The fourth-order valence-electron chi connectivity index (χ4n) is 3.05. The van der Waals surface area contributed by atoms with Gasteiger partial charge in [-0.2, -0.15) is 18.4 Å². The van der Waals surface area contributed by atoms with Crippen molar-refractivity contribution in [1.29, 1.82) is 5.26 Å². The molecule has 0 bridgehead atoms. The predicted octanol–water partition coefficient (Wildman–Crippen LogP) is 3.91. The zero-order valence-electron chi connectivity index (χ0n) is 15.7. The lowest BCUT2D eigenvalue weighted by Gasteiger charge is -2.18. The Morgan fingerprint density at radius 3 is 2.60 bits per heavy atom. The number of alkyl halides is 3. The normalized spacial score (nSPS) is 12.4. The molecular formula is C19H14F3N5O3. The highest BCUT2D eigenvalue weighted by Gasteiger charge is 2.33. The molecule has 0 radical (unpaired) electrons. The molecule has 2 aromatic heterocycles. The lowest BCUT2D eigenvalue weighted by Crippen LogP contribution is -2.17. The third-order valence-electron chi connectivity index (χ3n) is 4.60. The number of halogens is 3. The van der Waals surface area contributed by atoms with Crippen LogP contribution in [0.4, 0.5) is 24.7 Å². The van der Waals surface area contributed by atoms with Gasteiger partial charge in [0.25, 0.3) is 11.2 Å². The van der Waals surface area contributed by atoms with E-state index < -0.39 is 28.4 Å². The molecule has 0 spiro atoms. The van der Waals surface area contributed by atoms with Crippen molar-refractivity contribution in [1.82, 2.24) is 9.55 Å². The largest absolute Gasteiger partial charge is 0.416 e.